The zero-order valence-corrected chi connectivity index (χ0v) is 15.0. The van der Waals surface area contributed by atoms with E-state index in [0.29, 0.717) is 18.1 Å². The van der Waals surface area contributed by atoms with Crippen molar-refractivity contribution in [3.05, 3.63) is 11.6 Å². The molecular weight excluding hydrogens is 286 g/mol. The summed E-state index contributed by atoms with van der Waals surface area (Å²) in [5.74, 6) is 1.63. The summed E-state index contributed by atoms with van der Waals surface area (Å²) in [6, 6.07) is 0.474. The maximum absolute atomic E-state index is 5.89. The molecule has 2 N–H and O–H groups in total. The van der Waals surface area contributed by atoms with Gasteiger partial charge in [0.15, 0.2) is 5.96 Å². The van der Waals surface area contributed by atoms with Crippen LogP contribution < -0.4 is 10.6 Å². The van der Waals surface area contributed by atoms with E-state index in [2.05, 4.69) is 37.5 Å². The van der Waals surface area contributed by atoms with E-state index in [1.165, 1.54) is 32.1 Å². The molecule has 1 heterocycles. The van der Waals surface area contributed by atoms with E-state index in [1.54, 1.807) is 5.57 Å². The van der Waals surface area contributed by atoms with Crippen molar-refractivity contribution in [2.45, 2.75) is 71.4 Å². The molecule has 3 aliphatic rings. The third-order valence-electron chi connectivity index (χ3n) is 5.82. The Kier molecular flexibility index (Phi) is 5.30. The molecule has 3 atom stereocenters. The minimum Gasteiger partial charge on any atom is -0.377 e. The van der Waals surface area contributed by atoms with Crippen LogP contribution >= 0.6 is 0 Å². The lowest BCUT2D eigenvalue weighted by Gasteiger charge is -2.54. The second kappa shape index (κ2) is 7.25. The lowest BCUT2D eigenvalue weighted by atomic mass is 9.57. The maximum atomic E-state index is 5.89. The summed E-state index contributed by atoms with van der Waals surface area (Å²) < 4.78 is 5.89. The van der Waals surface area contributed by atoms with Crippen molar-refractivity contribution in [3.8, 4) is 0 Å². The first-order valence-electron chi connectivity index (χ1n) is 9.47. The highest BCUT2D eigenvalue weighted by Crippen LogP contribution is 2.52. The zero-order valence-electron chi connectivity index (χ0n) is 15.0. The maximum Gasteiger partial charge on any atom is 0.191 e. The second-order valence-electron chi connectivity index (χ2n) is 7.81. The number of ether oxygens (including phenoxy) is 1. The topological polar surface area (TPSA) is 45.7 Å². The van der Waals surface area contributed by atoms with Gasteiger partial charge in [-0.15, -0.1) is 0 Å². The van der Waals surface area contributed by atoms with Gasteiger partial charge in [0.1, 0.15) is 0 Å². The molecule has 130 valence electrons. The van der Waals surface area contributed by atoms with Crippen molar-refractivity contribution < 1.29 is 4.74 Å². The molecule has 2 aliphatic carbocycles. The Morgan fingerprint density at radius 3 is 3.00 bits per heavy atom. The van der Waals surface area contributed by atoms with Crippen molar-refractivity contribution in [3.63, 3.8) is 0 Å². The molecule has 3 unspecified atom stereocenters. The summed E-state index contributed by atoms with van der Waals surface area (Å²) in [4.78, 5) is 4.82. The van der Waals surface area contributed by atoms with Gasteiger partial charge in [-0.25, -0.2) is 0 Å². The fourth-order valence-corrected chi connectivity index (χ4v) is 4.53. The third-order valence-corrected chi connectivity index (χ3v) is 5.82. The molecule has 0 aromatic heterocycles. The molecule has 0 bridgehead atoms. The molecule has 0 amide bonds. The van der Waals surface area contributed by atoms with Crippen molar-refractivity contribution >= 4 is 5.96 Å². The van der Waals surface area contributed by atoms with Crippen LogP contribution in [0.4, 0.5) is 0 Å². The SMILES string of the molecule is CCNC(=NCCC1=CCCCC1)NC1C2CCOC2C1(C)C. The number of guanidine groups is 1. The fourth-order valence-electron chi connectivity index (χ4n) is 4.53. The number of nitrogens with one attached hydrogen (secondary N) is 2. The molecule has 1 saturated heterocycles. The molecular formula is C19H33N3O. The van der Waals surface area contributed by atoms with Gasteiger partial charge in [-0.05, 0) is 45.4 Å². The summed E-state index contributed by atoms with van der Waals surface area (Å²) >= 11 is 0. The predicted octanol–water partition coefficient (Wildman–Crippen LogP) is 3.25. The average Bonchev–Trinajstić information content (AvgIpc) is 3.00. The summed E-state index contributed by atoms with van der Waals surface area (Å²) in [6.45, 7) is 9.47. The highest BCUT2D eigenvalue weighted by Gasteiger charge is 2.59. The number of nitrogens with zero attached hydrogens (tertiary/aromatic N) is 1. The van der Waals surface area contributed by atoms with E-state index >= 15 is 0 Å². The fraction of sp³-hybridized carbons (Fsp3) is 0.842. The summed E-state index contributed by atoms with van der Waals surface area (Å²) in [5.41, 5.74) is 1.80. The number of fused-ring (bicyclic) bond motifs is 1. The minimum absolute atomic E-state index is 0.198. The minimum atomic E-state index is 0.198. The van der Waals surface area contributed by atoms with Crippen LogP contribution in [-0.4, -0.2) is 37.8 Å². The van der Waals surface area contributed by atoms with Gasteiger partial charge in [0.25, 0.3) is 0 Å². The highest BCUT2D eigenvalue weighted by molar-refractivity contribution is 5.80. The number of hydrogen-bond acceptors (Lipinski definition) is 2. The Bertz CT molecular complexity index is 469. The quantitative estimate of drug-likeness (QED) is 0.464. The van der Waals surface area contributed by atoms with E-state index in [1.807, 2.05) is 0 Å². The van der Waals surface area contributed by atoms with Gasteiger partial charge in [-0.2, -0.15) is 0 Å². The molecule has 0 aromatic carbocycles. The average molecular weight is 319 g/mol. The van der Waals surface area contributed by atoms with Crippen LogP contribution in [0, 0.1) is 11.3 Å². The van der Waals surface area contributed by atoms with Crippen molar-refractivity contribution in [2.24, 2.45) is 16.3 Å². The van der Waals surface area contributed by atoms with Crippen LogP contribution in [-0.2, 0) is 4.74 Å². The van der Waals surface area contributed by atoms with Crippen molar-refractivity contribution in [1.82, 2.24) is 10.6 Å². The lowest BCUT2D eigenvalue weighted by Crippen LogP contribution is -2.67. The molecule has 2 fully saturated rings. The van der Waals surface area contributed by atoms with Crippen LogP contribution in [0.2, 0.25) is 0 Å². The monoisotopic (exact) mass is 319 g/mol. The van der Waals surface area contributed by atoms with E-state index in [4.69, 9.17) is 9.73 Å². The highest BCUT2D eigenvalue weighted by atomic mass is 16.5. The summed E-state index contributed by atoms with van der Waals surface area (Å²) in [7, 11) is 0. The van der Waals surface area contributed by atoms with Crippen LogP contribution in [0.15, 0.2) is 16.6 Å². The van der Waals surface area contributed by atoms with Gasteiger partial charge in [0, 0.05) is 37.1 Å². The largest absolute Gasteiger partial charge is 0.377 e. The Balaban J connectivity index is 1.55. The smallest absolute Gasteiger partial charge is 0.191 e. The Morgan fingerprint density at radius 1 is 1.39 bits per heavy atom. The van der Waals surface area contributed by atoms with Gasteiger partial charge >= 0.3 is 0 Å². The van der Waals surface area contributed by atoms with E-state index in [-0.39, 0.29) is 5.41 Å². The summed E-state index contributed by atoms with van der Waals surface area (Å²) in [6.07, 6.45) is 10.4. The number of rotatable bonds is 5. The second-order valence-corrected chi connectivity index (χ2v) is 7.81. The number of aliphatic imine (C=N–C) groups is 1. The van der Waals surface area contributed by atoms with Gasteiger partial charge < -0.3 is 15.4 Å². The van der Waals surface area contributed by atoms with Crippen LogP contribution in [0.1, 0.15) is 59.3 Å². The van der Waals surface area contributed by atoms with Crippen LogP contribution in [0.5, 0.6) is 0 Å². The Labute approximate surface area is 141 Å². The van der Waals surface area contributed by atoms with Gasteiger partial charge in [0.2, 0.25) is 0 Å². The van der Waals surface area contributed by atoms with E-state index in [0.717, 1.165) is 32.1 Å². The normalized spacial score (nSPS) is 32.7. The van der Waals surface area contributed by atoms with Crippen molar-refractivity contribution in [1.29, 1.82) is 0 Å². The standard InChI is InChI=1S/C19H33N3O/c1-4-20-18(21-12-10-14-8-6-5-7-9-14)22-16-15-11-13-23-17(15)19(16,2)3/h8,15-17H,4-7,9-13H2,1-3H3,(H2,20,21,22). The molecule has 3 rings (SSSR count). The van der Waals surface area contributed by atoms with Gasteiger partial charge in [-0.1, -0.05) is 25.5 Å². The molecule has 1 aliphatic heterocycles. The zero-order chi connectivity index (χ0) is 16.3. The first-order chi connectivity index (χ1) is 11.1. The molecule has 0 spiro atoms. The third kappa shape index (κ3) is 3.57. The van der Waals surface area contributed by atoms with Crippen LogP contribution in [0.25, 0.3) is 0 Å². The van der Waals surface area contributed by atoms with Gasteiger partial charge in [-0.3, -0.25) is 4.99 Å². The number of allylic oxidation sites excluding steroid dienone is 1. The summed E-state index contributed by atoms with van der Waals surface area (Å²) in [5, 5.41) is 7.11. The molecule has 23 heavy (non-hydrogen) atoms. The molecule has 0 radical (unpaired) electrons. The van der Waals surface area contributed by atoms with Crippen LogP contribution in [0.3, 0.4) is 0 Å². The van der Waals surface area contributed by atoms with E-state index < -0.39 is 0 Å². The first kappa shape index (κ1) is 16.8. The number of hydrogen-bond donors (Lipinski definition) is 2. The van der Waals surface area contributed by atoms with Crippen molar-refractivity contribution in [2.75, 3.05) is 19.7 Å². The van der Waals surface area contributed by atoms with E-state index in [9.17, 15) is 0 Å². The molecule has 4 heteroatoms. The predicted molar refractivity (Wildman–Crippen MR) is 95.7 cm³/mol. The van der Waals surface area contributed by atoms with Gasteiger partial charge in [0.05, 0.1) is 6.10 Å². The Hall–Kier alpha value is -1.03. The first-order valence-corrected chi connectivity index (χ1v) is 9.47. The Morgan fingerprint density at radius 2 is 2.26 bits per heavy atom. The molecule has 1 saturated carbocycles. The lowest BCUT2D eigenvalue weighted by molar-refractivity contribution is -0.106. The molecule has 0 aromatic rings. The molecule has 4 nitrogen and oxygen atoms in total.